The van der Waals surface area contributed by atoms with Gasteiger partial charge < -0.3 is 14.8 Å². The van der Waals surface area contributed by atoms with Gasteiger partial charge in [-0.1, -0.05) is 29.3 Å². The summed E-state index contributed by atoms with van der Waals surface area (Å²) in [5.74, 6) is -0.258. The maximum absolute atomic E-state index is 14.1. The first-order valence-corrected chi connectivity index (χ1v) is 11.5. The van der Waals surface area contributed by atoms with Gasteiger partial charge in [-0.3, -0.25) is 4.98 Å². The smallest absolute Gasteiger partial charge is 0.174 e. The molecule has 33 heavy (non-hydrogen) atoms. The highest BCUT2D eigenvalue weighted by Crippen LogP contribution is 2.43. The highest BCUT2D eigenvalue weighted by atomic mass is 35.5. The van der Waals surface area contributed by atoms with Gasteiger partial charge in [0.15, 0.2) is 5.11 Å². The average molecular weight is 497 g/mol. The largest absolute Gasteiger partial charge is 0.351 e. The number of aromatic nitrogens is 2. The molecule has 0 spiro atoms. The van der Waals surface area contributed by atoms with Gasteiger partial charge in [-0.25, -0.2) is 4.39 Å². The van der Waals surface area contributed by atoms with Crippen LogP contribution in [-0.4, -0.2) is 14.7 Å². The molecule has 4 aromatic rings. The fourth-order valence-electron chi connectivity index (χ4n) is 4.24. The Morgan fingerprint density at radius 3 is 2.61 bits per heavy atom. The number of nitrogens with one attached hydrogen (secondary N) is 1. The van der Waals surface area contributed by atoms with Crippen molar-refractivity contribution < 1.29 is 4.39 Å². The summed E-state index contributed by atoms with van der Waals surface area (Å²) in [4.78, 5) is 6.60. The van der Waals surface area contributed by atoms with E-state index >= 15 is 0 Å². The number of thiocarbonyl (C=S) groups is 1. The van der Waals surface area contributed by atoms with Crippen molar-refractivity contribution in [1.82, 2.24) is 14.9 Å². The van der Waals surface area contributed by atoms with Crippen molar-refractivity contribution in [1.29, 1.82) is 0 Å². The summed E-state index contributed by atoms with van der Waals surface area (Å²) < 4.78 is 16.1. The molecule has 166 valence electrons. The molecule has 2 atom stereocenters. The lowest BCUT2D eigenvalue weighted by atomic mass is 10.0. The normalized spacial score (nSPS) is 17.9. The second-order valence-corrected chi connectivity index (χ2v) is 9.06. The monoisotopic (exact) mass is 496 g/mol. The van der Waals surface area contributed by atoms with Gasteiger partial charge in [-0.05, 0) is 85.4 Å². The number of aryl methyl sites for hydroxylation is 1. The zero-order valence-electron chi connectivity index (χ0n) is 17.5. The third-order valence-electron chi connectivity index (χ3n) is 5.77. The van der Waals surface area contributed by atoms with E-state index in [4.69, 9.17) is 35.4 Å². The van der Waals surface area contributed by atoms with Crippen LogP contribution >= 0.6 is 35.4 Å². The van der Waals surface area contributed by atoms with Gasteiger partial charge in [-0.15, -0.1) is 0 Å². The number of nitrogens with zero attached hydrogens (tertiary/aromatic N) is 3. The van der Waals surface area contributed by atoms with E-state index in [0.29, 0.717) is 20.7 Å². The third kappa shape index (κ3) is 3.99. The first-order chi connectivity index (χ1) is 15.9. The average Bonchev–Trinajstić information content (AvgIpc) is 3.40. The molecule has 0 saturated carbocycles. The summed E-state index contributed by atoms with van der Waals surface area (Å²) in [6.45, 7) is 1.74. The summed E-state index contributed by atoms with van der Waals surface area (Å²) >= 11 is 18.5. The fraction of sp³-hybridized carbons (Fsp3) is 0.120. The standard InChI is InChI=1S/C25H19Cl2FN4S/c1-15-13-17(8-9-19(15)28)32-24(23(30-25(32)33)20-5-2-3-11-29-20)22-6-4-12-31(22)21-10-7-16(26)14-18(21)27/h2-14,23-24H,1H3,(H,30,33). The number of halogens is 3. The van der Waals surface area contributed by atoms with E-state index in [-0.39, 0.29) is 17.9 Å². The van der Waals surface area contributed by atoms with Crippen molar-refractivity contribution in [3.63, 3.8) is 0 Å². The van der Waals surface area contributed by atoms with E-state index < -0.39 is 0 Å². The maximum Gasteiger partial charge on any atom is 0.174 e. The molecule has 0 aliphatic carbocycles. The lowest BCUT2D eigenvalue weighted by Gasteiger charge is -2.29. The fourth-order valence-corrected chi connectivity index (χ4v) is 5.09. The van der Waals surface area contributed by atoms with Gasteiger partial charge >= 0.3 is 0 Å². The Kier molecular flexibility index (Phi) is 5.83. The molecule has 2 aromatic heterocycles. The Bertz CT molecular complexity index is 1340. The predicted octanol–water partition coefficient (Wildman–Crippen LogP) is 6.80. The minimum Gasteiger partial charge on any atom is -0.351 e. The summed E-state index contributed by atoms with van der Waals surface area (Å²) in [5, 5.41) is 5.07. The van der Waals surface area contributed by atoms with Crippen molar-refractivity contribution in [3.8, 4) is 5.69 Å². The molecule has 1 aliphatic rings. The Balaban J connectivity index is 1.69. The van der Waals surface area contributed by atoms with Crippen molar-refractivity contribution in [2.24, 2.45) is 0 Å². The molecule has 1 saturated heterocycles. The van der Waals surface area contributed by atoms with Crippen LogP contribution in [0, 0.1) is 12.7 Å². The first-order valence-electron chi connectivity index (χ1n) is 10.3. The van der Waals surface area contributed by atoms with Crippen LogP contribution in [0.3, 0.4) is 0 Å². The van der Waals surface area contributed by atoms with Crippen molar-refractivity contribution >= 4 is 46.2 Å². The predicted molar refractivity (Wildman–Crippen MR) is 135 cm³/mol. The van der Waals surface area contributed by atoms with E-state index in [1.54, 1.807) is 37.4 Å². The van der Waals surface area contributed by atoms with Crippen LogP contribution in [0.2, 0.25) is 10.0 Å². The lowest BCUT2D eigenvalue weighted by molar-refractivity contribution is 0.549. The zero-order valence-corrected chi connectivity index (χ0v) is 19.9. The minimum absolute atomic E-state index is 0.233. The quantitative estimate of drug-likeness (QED) is 0.314. The molecule has 1 aliphatic heterocycles. The number of benzene rings is 2. The van der Waals surface area contributed by atoms with Crippen molar-refractivity contribution in [2.45, 2.75) is 19.0 Å². The van der Waals surface area contributed by atoms with E-state index in [9.17, 15) is 4.39 Å². The third-order valence-corrected chi connectivity index (χ3v) is 6.62. The highest BCUT2D eigenvalue weighted by Gasteiger charge is 2.42. The molecule has 8 heteroatoms. The van der Waals surface area contributed by atoms with Gasteiger partial charge in [-0.2, -0.15) is 0 Å². The van der Waals surface area contributed by atoms with Crippen LogP contribution in [0.1, 0.15) is 29.0 Å². The van der Waals surface area contributed by atoms with Crippen LogP contribution in [0.5, 0.6) is 0 Å². The Hall–Kier alpha value is -2.93. The summed E-state index contributed by atoms with van der Waals surface area (Å²) in [7, 11) is 0. The summed E-state index contributed by atoms with van der Waals surface area (Å²) in [5.41, 5.74) is 3.94. The molecular weight excluding hydrogens is 478 g/mol. The Labute approximate surface area is 206 Å². The van der Waals surface area contributed by atoms with Gasteiger partial charge in [0.2, 0.25) is 0 Å². The Morgan fingerprint density at radius 1 is 1.03 bits per heavy atom. The topological polar surface area (TPSA) is 33.1 Å². The molecule has 0 amide bonds. The molecule has 2 aromatic carbocycles. The van der Waals surface area contributed by atoms with Crippen LogP contribution in [0.4, 0.5) is 10.1 Å². The van der Waals surface area contributed by atoms with Crippen LogP contribution in [-0.2, 0) is 0 Å². The minimum atomic E-state index is -0.265. The van der Waals surface area contributed by atoms with Gasteiger partial charge in [0, 0.05) is 28.8 Å². The van der Waals surface area contributed by atoms with Gasteiger partial charge in [0.25, 0.3) is 0 Å². The molecule has 0 bridgehead atoms. The summed E-state index contributed by atoms with van der Waals surface area (Å²) in [6.07, 6.45) is 3.71. The molecule has 5 rings (SSSR count). The Morgan fingerprint density at radius 2 is 1.88 bits per heavy atom. The second-order valence-electron chi connectivity index (χ2n) is 7.83. The van der Waals surface area contributed by atoms with Gasteiger partial charge in [0.05, 0.1) is 22.4 Å². The van der Waals surface area contributed by atoms with Crippen molar-refractivity contribution in [3.05, 3.63) is 112 Å². The maximum atomic E-state index is 14.1. The molecule has 1 fully saturated rings. The highest BCUT2D eigenvalue weighted by molar-refractivity contribution is 7.80. The van der Waals surface area contributed by atoms with Gasteiger partial charge in [0.1, 0.15) is 11.9 Å². The van der Waals surface area contributed by atoms with E-state index in [2.05, 4.69) is 10.3 Å². The lowest BCUT2D eigenvalue weighted by Crippen LogP contribution is -2.30. The number of anilines is 1. The van der Waals surface area contributed by atoms with E-state index in [0.717, 1.165) is 22.8 Å². The van der Waals surface area contributed by atoms with Crippen molar-refractivity contribution in [2.75, 3.05) is 4.90 Å². The van der Waals surface area contributed by atoms with Crippen LogP contribution in [0.15, 0.2) is 79.1 Å². The number of hydrogen-bond donors (Lipinski definition) is 1. The zero-order chi connectivity index (χ0) is 23.1. The van der Waals surface area contributed by atoms with E-state index in [1.807, 2.05) is 52.1 Å². The summed E-state index contributed by atoms with van der Waals surface area (Å²) in [6, 6.07) is 19.7. The number of pyridine rings is 1. The van der Waals surface area contributed by atoms with E-state index in [1.165, 1.54) is 6.07 Å². The molecule has 0 radical (unpaired) electrons. The molecule has 2 unspecified atom stereocenters. The number of rotatable bonds is 4. The van der Waals surface area contributed by atoms with Crippen LogP contribution < -0.4 is 10.2 Å². The van der Waals surface area contributed by atoms with Crippen LogP contribution in [0.25, 0.3) is 5.69 Å². The molecule has 1 N–H and O–H groups in total. The molecule has 3 heterocycles. The molecular formula is C25H19Cl2FN4S. The SMILES string of the molecule is Cc1cc(N2C(=S)NC(c3ccccn3)C2c2cccn2-c2ccc(Cl)cc2Cl)ccc1F. The second kappa shape index (κ2) is 8.78. The number of hydrogen-bond acceptors (Lipinski definition) is 2. The first kappa shape index (κ1) is 21.9. The molecule has 4 nitrogen and oxygen atoms in total.